The predicted molar refractivity (Wildman–Crippen MR) is 273 cm³/mol. The van der Waals surface area contributed by atoms with Crippen molar-refractivity contribution < 1.29 is 72.4 Å². The van der Waals surface area contributed by atoms with Crippen molar-refractivity contribution in [1.82, 2.24) is 9.88 Å². The zero-order valence-corrected chi connectivity index (χ0v) is 44.2. The lowest BCUT2D eigenvalue weighted by molar-refractivity contribution is -0.305. The molecule has 18 nitrogen and oxygen atoms in total. The first-order valence-corrected chi connectivity index (χ1v) is 25.9. The van der Waals surface area contributed by atoms with Gasteiger partial charge in [0, 0.05) is 50.2 Å². The molecule has 0 radical (unpaired) electrons. The molecule has 2 saturated heterocycles. The van der Waals surface area contributed by atoms with E-state index in [9.17, 15) is 24.9 Å². The maximum atomic E-state index is 14.5. The van der Waals surface area contributed by atoms with Crippen molar-refractivity contribution in [2.45, 2.75) is 147 Å². The minimum Gasteiger partial charge on any atom is -0.462 e. The van der Waals surface area contributed by atoms with Crippen molar-refractivity contribution in [3.05, 3.63) is 72.0 Å². The Morgan fingerprint density at radius 3 is 2.49 bits per heavy atom. The highest BCUT2D eigenvalue weighted by molar-refractivity contribution is 5.91. The number of cyclic esters (lactones) is 1. The van der Waals surface area contributed by atoms with E-state index in [1.165, 1.54) is 7.11 Å². The quantitative estimate of drug-likeness (QED) is 0.0876. The van der Waals surface area contributed by atoms with E-state index in [1.54, 1.807) is 51.4 Å². The maximum absolute atomic E-state index is 14.5. The summed E-state index contributed by atoms with van der Waals surface area (Å²) in [5.74, 6) is -2.47. The Hall–Kier alpha value is -4.02. The van der Waals surface area contributed by atoms with Crippen molar-refractivity contribution in [2.24, 2.45) is 28.8 Å². The fourth-order valence-corrected chi connectivity index (χ4v) is 10.5. The summed E-state index contributed by atoms with van der Waals surface area (Å²) >= 11 is 0. The van der Waals surface area contributed by atoms with Gasteiger partial charge in [0.2, 0.25) is 6.79 Å². The van der Waals surface area contributed by atoms with Crippen LogP contribution in [0.5, 0.6) is 0 Å². The van der Waals surface area contributed by atoms with Crippen molar-refractivity contribution in [3.63, 3.8) is 0 Å². The molecule has 1 aromatic carbocycles. The van der Waals surface area contributed by atoms with Crippen LogP contribution in [0.2, 0.25) is 0 Å². The smallest absolute Gasteiger partial charge is 0.308 e. The van der Waals surface area contributed by atoms with Gasteiger partial charge in [-0.1, -0.05) is 74.0 Å². The lowest BCUT2D eigenvalue weighted by Gasteiger charge is -2.47. The number of aliphatic hydroxyl groups is 3. The number of nitrogens with zero attached hydrogens (tertiary/aromatic N) is 3. The van der Waals surface area contributed by atoms with Gasteiger partial charge in [-0.05, 0) is 89.7 Å². The topological polar surface area (TPSA) is 216 Å². The monoisotopic (exact) mass is 1020 g/mol. The largest absolute Gasteiger partial charge is 0.462 e. The van der Waals surface area contributed by atoms with E-state index in [-0.39, 0.29) is 57.9 Å². The first-order chi connectivity index (χ1) is 35.1. The van der Waals surface area contributed by atoms with Gasteiger partial charge in [0.25, 0.3) is 0 Å². The molecule has 2 aromatic rings. The van der Waals surface area contributed by atoms with Gasteiger partial charge in [-0.25, -0.2) is 0 Å². The van der Waals surface area contributed by atoms with Crippen molar-refractivity contribution in [2.75, 3.05) is 68.1 Å². The van der Waals surface area contributed by atoms with Crippen LogP contribution in [-0.4, -0.2) is 184 Å². The van der Waals surface area contributed by atoms with Gasteiger partial charge in [-0.3, -0.25) is 14.6 Å². The maximum Gasteiger partial charge on any atom is 0.308 e. The van der Waals surface area contributed by atoms with Gasteiger partial charge in [0.05, 0.1) is 81.0 Å². The second-order valence-electron chi connectivity index (χ2n) is 20.2. The number of allylic oxidation sites excluding steroid dienone is 3. The molecule has 0 spiro atoms. The number of aromatic nitrogens is 1. The van der Waals surface area contributed by atoms with Gasteiger partial charge in [0.1, 0.15) is 30.1 Å². The number of esters is 1. The zero-order valence-electron chi connectivity index (χ0n) is 44.2. The average molecular weight is 1020 g/mol. The summed E-state index contributed by atoms with van der Waals surface area (Å²) in [4.78, 5) is 40.4. The standard InChI is InChI=1S/C55H81N3O15/c1-10-45-40(29-68-46-20-19-44(60)53(64-8)54(46)65-9)24-33(2)17-18-43(59)34(3)25-39-21-23-66-30-41(57-70-32-67-22-13-14-37-26-38-15-11-12-16-42(38)56-28-37)31-69-47(27-48(61)72-45)35(4)52(39)73-55-51(63)49(58(6)7)50(62)36(5)71-55/h11-18,24,26,28,34-36,39-40,44-47,49-55,60,62-63H,10,19-23,25,27,29-32H2,1-9H3/b14-13+,18-17+,33-24+,57-41+/t34-,35+,36-,39?,40-,44-,45-,46-,47-,49+,50-,51-,52-,53-,54+,55+/m1/s1. The number of likely N-dealkylation sites (N-methyl/N-ethyl adjacent to an activating group) is 1. The van der Waals surface area contributed by atoms with Crippen LogP contribution < -0.4 is 0 Å². The summed E-state index contributed by atoms with van der Waals surface area (Å²) in [6.07, 6.45) is 4.35. The molecular formula is C55H81N3O15. The van der Waals surface area contributed by atoms with E-state index >= 15 is 0 Å². The lowest BCUT2D eigenvalue weighted by Crippen LogP contribution is -2.63. The molecule has 2 bridgehead atoms. The number of fused-ring (bicyclic) bond motifs is 4. The molecule has 16 atom stereocenters. The third-order valence-corrected chi connectivity index (χ3v) is 14.6. The summed E-state index contributed by atoms with van der Waals surface area (Å²) in [7, 11) is 6.65. The number of para-hydroxylation sites is 1. The molecule has 0 amide bonds. The van der Waals surface area contributed by atoms with Crippen LogP contribution in [0, 0.1) is 23.7 Å². The number of rotatable bonds is 15. The number of aliphatic hydroxyl groups excluding tert-OH is 3. The number of ether oxygens (including phenoxy) is 9. The first-order valence-electron chi connectivity index (χ1n) is 25.9. The molecule has 1 unspecified atom stereocenters. The Kier molecular flexibility index (Phi) is 22.9. The molecule has 18 heteroatoms. The minimum absolute atomic E-state index is 0.0415. The van der Waals surface area contributed by atoms with Gasteiger partial charge in [-0.15, -0.1) is 0 Å². The molecule has 1 saturated carbocycles. The fourth-order valence-electron chi connectivity index (χ4n) is 10.5. The molecule has 4 heterocycles. The summed E-state index contributed by atoms with van der Waals surface area (Å²) < 4.78 is 56.0. The van der Waals surface area contributed by atoms with Gasteiger partial charge in [-0.2, -0.15) is 0 Å². The molecular weight excluding hydrogens is 943 g/mol. The number of benzene rings is 1. The van der Waals surface area contributed by atoms with Crippen molar-refractivity contribution >= 4 is 34.4 Å². The van der Waals surface area contributed by atoms with E-state index in [1.807, 2.05) is 70.2 Å². The molecule has 1 aromatic heterocycles. The van der Waals surface area contributed by atoms with Gasteiger partial charge < -0.3 is 67.7 Å². The van der Waals surface area contributed by atoms with Crippen molar-refractivity contribution in [3.8, 4) is 0 Å². The number of hydrogen-bond donors (Lipinski definition) is 3. The third kappa shape index (κ3) is 16.2. The van der Waals surface area contributed by atoms with Gasteiger partial charge in [0.15, 0.2) is 12.1 Å². The van der Waals surface area contributed by atoms with Crippen LogP contribution in [0.1, 0.15) is 78.7 Å². The highest BCUT2D eigenvalue weighted by Gasteiger charge is 2.48. The second-order valence-corrected chi connectivity index (χ2v) is 20.2. The lowest BCUT2D eigenvalue weighted by atomic mass is 9.79. The average Bonchev–Trinajstić information content (AvgIpc) is 3.39. The van der Waals surface area contributed by atoms with Crippen LogP contribution in [0.4, 0.5) is 0 Å². The number of hydrogen-bond acceptors (Lipinski definition) is 18. The Labute approximate surface area is 430 Å². The summed E-state index contributed by atoms with van der Waals surface area (Å²) in [5.41, 5.74) is 3.05. The highest BCUT2D eigenvalue weighted by Crippen LogP contribution is 2.36. The normalized spacial score (nSPS) is 36.5. The highest BCUT2D eigenvalue weighted by atomic mass is 16.7. The van der Waals surface area contributed by atoms with Gasteiger partial charge >= 0.3 is 5.97 Å². The first kappa shape index (κ1) is 58.2. The number of oxime groups is 1. The number of pyridine rings is 1. The molecule has 3 aliphatic heterocycles. The van der Waals surface area contributed by atoms with Crippen LogP contribution in [0.15, 0.2) is 71.6 Å². The number of methoxy groups -OCH3 is 2. The fraction of sp³-hybridized carbons (Fsp3) is 0.673. The minimum atomic E-state index is -1.26. The molecule has 4 aliphatic rings. The molecule has 1 aliphatic carbocycles. The summed E-state index contributed by atoms with van der Waals surface area (Å²) in [6.45, 7) is 9.81. The van der Waals surface area contributed by atoms with Crippen LogP contribution >= 0.6 is 0 Å². The number of carbonyl (C=O) groups excluding carboxylic acids is 2. The molecule has 73 heavy (non-hydrogen) atoms. The Balaban J connectivity index is 1.26. The summed E-state index contributed by atoms with van der Waals surface area (Å²) in [6, 6.07) is 9.25. The second kappa shape index (κ2) is 28.8. The molecule has 3 fully saturated rings. The van der Waals surface area contributed by atoms with Crippen LogP contribution in [0.3, 0.4) is 0 Å². The summed E-state index contributed by atoms with van der Waals surface area (Å²) in [5, 5.41) is 38.9. The number of ketones is 1. The number of carbonyl (C=O) groups is 2. The van der Waals surface area contributed by atoms with Crippen LogP contribution in [-0.2, 0) is 57.1 Å². The SMILES string of the molecule is CC[C@H]1OC(=O)C[C@H]2OC/C(=N/OCOC/C=C/c3cnc4ccccc4c3)COCCC(C[C@@H](C)C(=O)/C=C/C(C)=C/[C@@H]1CO[C@@H]1CC[C@@H](O)[C@@H](OC)[C@H]1OC)[C@H](O[C@@H]1O[C@H](C)[C@@H](O)[C@H](N(C)C)[C@H]1O)[C@H]2C. The van der Waals surface area contributed by atoms with Crippen LogP contribution in [0.25, 0.3) is 17.0 Å². The Morgan fingerprint density at radius 1 is 0.959 bits per heavy atom. The molecule has 406 valence electrons. The Bertz CT molecular complexity index is 2170. The van der Waals surface area contributed by atoms with Crippen molar-refractivity contribution in [1.29, 1.82) is 0 Å². The third-order valence-electron chi connectivity index (χ3n) is 14.6. The Morgan fingerprint density at radius 2 is 1.74 bits per heavy atom. The molecule has 3 N–H and O–H groups in total. The zero-order chi connectivity index (χ0) is 52.6. The van der Waals surface area contributed by atoms with E-state index in [4.69, 9.17) is 47.5 Å². The van der Waals surface area contributed by atoms with E-state index < -0.39 is 97.1 Å². The van der Waals surface area contributed by atoms with E-state index in [0.29, 0.717) is 37.8 Å². The van der Waals surface area contributed by atoms with E-state index in [2.05, 4.69) is 16.2 Å². The van der Waals surface area contributed by atoms with E-state index in [0.717, 1.165) is 22.0 Å². The molecule has 6 rings (SSSR count). The predicted octanol–water partition coefficient (Wildman–Crippen LogP) is 5.44.